The van der Waals surface area contributed by atoms with Gasteiger partial charge in [-0.3, -0.25) is 9.59 Å². The van der Waals surface area contributed by atoms with Gasteiger partial charge >= 0.3 is 0 Å². The smallest absolute Gasteiger partial charge is 0.295 e. The number of ether oxygens (including phenoxy) is 2. The van der Waals surface area contributed by atoms with E-state index in [1.165, 1.54) is 12.0 Å². The maximum Gasteiger partial charge on any atom is 0.295 e. The van der Waals surface area contributed by atoms with Crippen molar-refractivity contribution in [2.24, 2.45) is 0 Å². The molecule has 1 N–H and O–H groups in total. The summed E-state index contributed by atoms with van der Waals surface area (Å²) in [5.41, 5.74) is 1.08. The summed E-state index contributed by atoms with van der Waals surface area (Å²) in [6, 6.07) is 12.9. The van der Waals surface area contributed by atoms with Crippen molar-refractivity contribution in [2.45, 2.75) is 25.0 Å². The number of hydrogen-bond acceptors (Lipinski definition) is 5. The number of aliphatic hydroxyl groups is 1. The molecule has 2 saturated heterocycles. The number of benzene rings is 2. The molecule has 7 heteroatoms. The molecule has 2 heterocycles. The number of ketones is 1. The summed E-state index contributed by atoms with van der Waals surface area (Å²) >= 11 is 5.95. The molecule has 1 amide bonds. The van der Waals surface area contributed by atoms with Gasteiger partial charge in [-0.25, -0.2) is 0 Å². The second-order valence-corrected chi connectivity index (χ2v) is 7.77. The molecule has 0 aliphatic carbocycles. The minimum Gasteiger partial charge on any atom is -0.507 e. The van der Waals surface area contributed by atoms with Gasteiger partial charge in [0.05, 0.1) is 24.8 Å². The first-order valence-electron chi connectivity index (χ1n) is 9.80. The maximum atomic E-state index is 13.0. The van der Waals surface area contributed by atoms with Crippen LogP contribution < -0.4 is 4.74 Å². The molecular weight excluding hydrogens is 406 g/mol. The number of nitrogens with zero attached hydrogens (tertiary/aromatic N) is 1. The highest BCUT2D eigenvalue weighted by Crippen LogP contribution is 2.43. The Morgan fingerprint density at radius 2 is 1.93 bits per heavy atom. The van der Waals surface area contributed by atoms with Crippen LogP contribution in [0.2, 0.25) is 5.02 Å². The van der Waals surface area contributed by atoms with Gasteiger partial charge in [0.25, 0.3) is 11.7 Å². The number of Topliss-reactive ketones (excluding diaryl/α,β-unsaturated/α-hetero) is 1. The number of halogens is 1. The third-order valence-electron chi connectivity index (χ3n) is 5.52. The number of methoxy groups -OCH3 is 1. The zero-order valence-electron chi connectivity index (χ0n) is 16.5. The van der Waals surface area contributed by atoms with Gasteiger partial charge in [-0.15, -0.1) is 0 Å². The van der Waals surface area contributed by atoms with Gasteiger partial charge in [0.15, 0.2) is 0 Å². The Bertz CT molecular complexity index is 995. The number of carbonyl (C=O) groups excluding carboxylic acids is 2. The largest absolute Gasteiger partial charge is 0.507 e. The van der Waals surface area contributed by atoms with Crippen LogP contribution in [-0.4, -0.2) is 48.1 Å². The minimum atomic E-state index is -0.777. The summed E-state index contributed by atoms with van der Waals surface area (Å²) in [6.45, 7) is 0.906. The standard InChI is InChI=1S/C23H22ClNO5/c1-29-18-7-3-2-6-17(18)20-19(21(26)14-8-10-15(24)11-9-14)22(27)23(28)25(20)13-16-5-4-12-30-16/h2-3,6-11,16,20,26H,4-5,12-13H2,1H3/t16-,20+/m1/s1. The van der Waals surface area contributed by atoms with Crippen LogP contribution in [0.4, 0.5) is 0 Å². The number of likely N-dealkylation sites (tertiary alicyclic amines) is 1. The van der Waals surface area contributed by atoms with E-state index >= 15 is 0 Å². The Morgan fingerprint density at radius 3 is 2.60 bits per heavy atom. The lowest BCUT2D eigenvalue weighted by Crippen LogP contribution is -2.36. The van der Waals surface area contributed by atoms with Gasteiger partial charge in [-0.2, -0.15) is 0 Å². The SMILES string of the molecule is COc1ccccc1[C@H]1C(=C(O)c2ccc(Cl)cc2)C(=O)C(=O)N1C[C@H]1CCCO1. The zero-order chi connectivity index (χ0) is 21.3. The van der Waals surface area contributed by atoms with Crippen LogP contribution in [-0.2, 0) is 14.3 Å². The molecule has 2 fully saturated rings. The van der Waals surface area contributed by atoms with Crippen molar-refractivity contribution in [3.63, 3.8) is 0 Å². The third-order valence-corrected chi connectivity index (χ3v) is 5.77. The predicted octanol–water partition coefficient (Wildman–Crippen LogP) is 3.95. The fraction of sp³-hybridized carbons (Fsp3) is 0.304. The molecule has 2 aliphatic heterocycles. The molecule has 0 unspecified atom stereocenters. The third kappa shape index (κ3) is 3.68. The number of hydrogen-bond donors (Lipinski definition) is 1. The quantitative estimate of drug-likeness (QED) is 0.444. The first kappa shape index (κ1) is 20.4. The first-order valence-corrected chi connectivity index (χ1v) is 10.2. The van der Waals surface area contributed by atoms with Crippen LogP contribution in [0.15, 0.2) is 54.1 Å². The number of rotatable bonds is 5. The molecule has 6 nitrogen and oxygen atoms in total. The average molecular weight is 428 g/mol. The summed E-state index contributed by atoms with van der Waals surface area (Å²) in [6.07, 6.45) is 1.59. The highest BCUT2D eigenvalue weighted by molar-refractivity contribution is 6.46. The van der Waals surface area contributed by atoms with Crippen LogP contribution in [0.1, 0.15) is 30.0 Å². The van der Waals surface area contributed by atoms with E-state index in [4.69, 9.17) is 21.1 Å². The number of para-hydroxylation sites is 1. The van der Waals surface area contributed by atoms with E-state index in [2.05, 4.69) is 0 Å². The highest BCUT2D eigenvalue weighted by Gasteiger charge is 2.47. The predicted molar refractivity (Wildman–Crippen MR) is 112 cm³/mol. The van der Waals surface area contributed by atoms with Gasteiger partial charge < -0.3 is 19.5 Å². The Labute approximate surface area is 179 Å². The monoisotopic (exact) mass is 427 g/mol. The lowest BCUT2D eigenvalue weighted by atomic mass is 9.94. The van der Waals surface area contributed by atoms with E-state index in [1.54, 1.807) is 36.4 Å². The molecular formula is C23H22ClNO5. The van der Waals surface area contributed by atoms with E-state index in [-0.39, 0.29) is 24.0 Å². The van der Waals surface area contributed by atoms with Crippen molar-refractivity contribution >= 4 is 29.1 Å². The molecule has 2 atom stereocenters. The fourth-order valence-electron chi connectivity index (χ4n) is 4.05. The van der Waals surface area contributed by atoms with E-state index in [9.17, 15) is 14.7 Å². The molecule has 0 spiro atoms. The van der Waals surface area contributed by atoms with Crippen molar-refractivity contribution < 1.29 is 24.2 Å². The Kier molecular flexibility index (Phi) is 5.79. The number of amides is 1. The van der Waals surface area contributed by atoms with Crippen LogP contribution in [0, 0.1) is 0 Å². The molecule has 4 rings (SSSR count). The molecule has 156 valence electrons. The van der Waals surface area contributed by atoms with E-state index in [1.807, 2.05) is 12.1 Å². The Balaban J connectivity index is 1.86. The molecule has 0 bridgehead atoms. The molecule has 2 aromatic rings. The highest BCUT2D eigenvalue weighted by atomic mass is 35.5. The number of carbonyl (C=O) groups is 2. The zero-order valence-corrected chi connectivity index (χ0v) is 17.3. The molecule has 0 saturated carbocycles. The van der Waals surface area contributed by atoms with E-state index in [0.29, 0.717) is 28.5 Å². The fourth-order valence-corrected chi connectivity index (χ4v) is 4.18. The summed E-state index contributed by atoms with van der Waals surface area (Å²) in [4.78, 5) is 27.5. The van der Waals surface area contributed by atoms with Gasteiger partial charge in [0, 0.05) is 29.3 Å². The molecule has 2 aliphatic rings. The minimum absolute atomic E-state index is 0.0322. The van der Waals surface area contributed by atoms with Crippen LogP contribution in [0.5, 0.6) is 5.75 Å². The van der Waals surface area contributed by atoms with Crippen molar-refractivity contribution in [1.82, 2.24) is 4.90 Å². The number of aliphatic hydroxyl groups excluding tert-OH is 1. The van der Waals surface area contributed by atoms with Crippen LogP contribution in [0.3, 0.4) is 0 Å². The van der Waals surface area contributed by atoms with Crippen molar-refractivity contribution in [2.75, 3.05) is 20.3 Å². The lowest BCUT2D eigenvalue weighted by molar-refractivity contribution is -0.140. The van der Waals surface area contributed by atoms with Gasteiger partial charge in [0.2, 0.25) is 0 Å². The maximum absolute atomic E-state index is 13.0. The second kappa shape index (κ2) is 8.50. The van der Waals surface area contributed by atoms with Gasteiger partial charge in [-0.05, 0) is 43.2 Å². The summed E-state index contributed by atoms with van der Waals surface area (Å²) in [5, 5.41) is 11.5. The van der Waals surface area contributed by atoms with Crippen LogP contribution in [0.25, 0.3) is 5.76 Å². The average Bonchev–Trinajstić information content (AvgIpc) is 3.36. The Hall–Kier alpha value is -2.83. The normalized spacial score (nSPS) is 23.2. The molecule has 0 radical (unpaired) electrons. The first-order chi connectivity index (χ1) is 14.5. The van der Waals surface area contributed by atoms with Gasteiger partial charge in [0.1, 0.15) is 11.5 Å². The van der Waals surface area contributed by atoms with Crippen LogP contribution >= 0.6 is 11.6 Å². The molecule has 30 heavy (non-hydrogen) atoms. The van der Waals surface area contributed by atoms with E-state index < -0.39 is 17.7 Å². The topological polar surface area (TPSA) is 76.1 Å². The summed E-state index contributed by atoms with van der Waals surface area (Å²) in [7, 11) is 1.53. The van der Waals surface area contributed by atoms with Gasteiger partial charge in [-0.1, -0.05) is 29.8 Å². The second-order valence-electron chi connectivity index (χ2n) is 7.34. The van der Waals surface area contributed by atoms with E-state index in [0.717, 1.165) is 12.8 Å². The van der Waals surface area contributed by atoms with Crippen molar-refractivity contribution in [1.29, 1.82) is 0 Å². The molecule has 2 aromatic carbocycles. The van der Waals surface area contributed by atoms with Crippen molar-refractivity contribution in [3.8, 4) is 5.75 Å². The summed E-state index contributed by atoms with van der Waals surface area (Å²) in [5.74, 6) is -1.09. The molecule has 0 aromatic heterocycles. The lowest BCUT2D eigenvalue weighted by Gasteiger charge is -2.28. The summed E-state index contributed by atoms with van der Waals surface area (Å²) < 4.78 is 11.2. The Morgan fingerprint density at radius 1 is 1.20 bits per heavy atom. The van der Waals surface area contributed by atoms with Crippen molar-refractivity contribution in [3.05, 3.63) is 70.3 Å².